The lowest BCUT2D eigenvalue weighted by Gasteiger charge is -2.08. The van der Waals surface area contributed by atoms with Crippen molar-refractivity contribution in [3.8, 4) is 0 Å². The zero-order valence-corrected chi connectivity index (χ0v) is 11.9. The van der Waals surface area contributed by atoms with Crippen molar-refractivity contribution in [2.24, 2.45) is 0 Å². The van der Waals surface area contributed by atoms with Crippen LogP contribution in [0.3, 0.4) is 0 Å². The van der Waals surface area contributed by atoms with Crippen molar-refractivity contribution in [3.05, 3.63) is 35.4 Å². The predicted octanol–water partition coefficient (Wildman–Crippen LogP) is 3.50. The van der Waals surface area contributed by atoms with Crippen LogP contribution in [-0.4, -0.2) is 21.8 Å². The lowest BCUT2D eigenvalue weighted by atomic mass is 10.0. The Morgan fingerprint density at radius 3 is 3.11 bits per heavy atom. The van der Waals surface area contributed by atoms with Crippen LogP contribution < -0.4 is 0 Å². The molecule has 1 aromatic rings. The third kappa shape index (κ3) is 4.31. The number of hydrogen-bond donors (Lipinski definition) is 1. The second-order valence-electron chi connectivity index (χ2n) is 4.98. The minimum absolute atomic E-state index is 0.0308. The van der Waals surface area contributed by atoms with E-state index in [0.29, 0.717) is 0 Å². The first-order valence-corrected chi connectivity index (χ1v) is 7.17. The number of allylic oxidation sites excluding steroid dienone is 4. The van der Waals surface area contributed by atoms with Crippen LogP contribution in [0.4, 0.5) is 0 Å². The SMILES string of the molecule is CCCCOC(C)c1n[nH]c(CC2=CC=CCC2)n1. The molecule has 104 valence electrons. The Hall–Kier alpha value is -1.42. The maximum Gasteiger partial charge on any atom is 0.179 e. The Labute approximate surface area is 115 Å². The maximum absolute atomic E-state index is 5.70. The van der Waals surface area contributed by atoms with Crippen molar-refractivity contribution in [1.82, 2.24) is 15.2 Å². The number of ether oxygens (including phenoxy) is 1. The lowest BCUT2D eigenvalue weighted by Crippen LogP contribution is -2.03. The summed E-state index contributed by atoms with van der Waals surface area (Å²) >= 11 is 0. The van der Waals surface area contributed by atoms with Crippen LogP contribution in [0.2, 0.25) is 0 Å². The van der Waals surface area contributed by atoms with Gasteiger partial charge in [-0.1, -0.05) is 37.1 Å². The first kappa shape index (κ1) is 14.0. The molecule has 1 aromatic heterocycles. The fourth-order valence-corrected chi connectivity index (χ4v) is 2.06. The fourth-order valence-electron chi connectivity index (χ4n) is 2.06. The van der Waals surface area contributed by atoms with E-state index in [0.717, 1.165) is 50.4 Å². The molecule has 1 N–H and O–H groups in total. The monoisotopic (exact) mass is 261 g/mol. The largest absolute Gasteiger partial charge is 0.370 e. The highest BCUT2D eigenvalue weighted by Crippen LogP contribution is 2.17. The van der Waals surface area contributed by atoms with Gasteiger partial charge in [-0.2, -0.15) is 5.10 Å². The van der Waals surface area contributed by atoms with Gasteiger partial charge in [-0.25, -0.2) is 4.98 Å². The second-order valence-corrected chi connectivity index (χ2v) is 4.98. The summed E-state index contributed by atoms with van der Waals surface area (Å²) in [5, 5.41) is 7.27. The third-order valence-electron chi connectivity index (χ3n) is 3.27. The first-order valence-electron chi connectivity index (χ1n) is 7.17. The molecule has 1 heterocycles. The minimum Gasteiger partial charge on any atom is -0.370 e. The zero-order chi connectivity index (χ0) is 13.5. The number of H-pyrrole nitrogens is 1. The Kier molecular flexibility index (Phi) is 5.33. The van der Waals surface area contributed by atoms with E-state index >= 15 is 0 Å². The molecule has 1 unspecified atom stereocenters. The Morgan fingerprint density at radius 2 is 2.37 bits per heavy atom. The van der Waals surface area contributed by atoms with Crippen molar-refractivity contribution < 1.29 is 4.74 Å². The minimum atomic E-state index is -0.0308. The Balaban J connectivity index is 1.87. The number of nitrogens with one attached hydrogen (secondary N) is 1. The molecule has 0 saturated carbocycles. The molecule has 0 fully saturated rings. The quantitative estimate of drug-likeness (QED) is 0.764. The van der Waals surface area contributed by atoms with E-state index < -0.39 is 0 Å². The zero-order valence-electron chi connectivity index (χ0n) is 11.9. The molecule has 1 aliphatic rings. The van der Waals surface area contributed by atoms with Crippen LogP contribution >= 0.6 is 0 Å². The van der Waals surface area contributed by atoms with Crippen molar-refractivity contribution in [1.29, 1.82) is 0 Å². The van der Waals surface area contributed by atoms with Crippen molar-refractivity contribution in [3.63, 3.8) is 0 Å². The van der Waals surface area contributed by atoms with Gasteiger partial charge in [-0.15, -0.1) is 0 Å². The van der Waals surface area contributed by atoms with Crippen LogP contribution in [0.5, 0.6) is 0 Å². The molecule has 0 aromatic carbocycles. The standard InChI is InChI=1S/C15H23N3O/c1-3-4-10-19-12(2)15-16-14(17-18-15)11-13-8-6-5-7-9-13/h5-6,8,12H,3-4,7,9-11H2,1-2H3,(H,16,17,18). The summed E-state index contributed by atoms with van der Waals surface area (Å²) in [5.74, 6) is 1.69. The van der Waals surface area contributed by atoms with E-state index in [1.165, 1.54) is 5.57 Å². The molecular formula is C15H23N3O. The van der Waals surface area contributed by atoms with Gasteiger partial charge in [-0.3, -0.25) is 5.10 Å². The Bertz CT molecular complexity index is 448. The van der Waals surface area contributed by atoms with E-state index in [1.54, 1.807) is 0 Å². The van der Waals surface area contributed by atoms with E-state index in [4.69, 9.17) is 4.74 Å². The van der Waals surface area contributed by atoms with Crippen LogP contribution in [-0.2, 0) is 11.2 Å². The van der Waals surface area contributed by atoms with Crippen LogP contribution in [0, 0.1) is 0 Å². The summed E-state index contributed by atoms with van der Waals surface area (Å²) in [6, 6.07) is 0. The molecule has 19 heavy (non-hydrogen) atoms. The van der Waals surface area contributed by atoms with Gasteiger partial charge in [0.05, 0.1) is 0 Å². The Morgan fingerprint density at radius 1 is 1.47 bits per heavy atom. The predicted molar refractivity (Wildman–Crippen MR) is 75.8 cm³/mol. The molecule has 0 amide bonds. The molecule has 4 nitrogen and oxygen atoms in total. The first-order chi connectivity index (χ1) is 9.29. The number of nitrogens with zero attached hydrogens (tertiary/aromatic N) is 2. The van der Waals surface area contributed by atoms with Gasteiger partial charge >= 0.3 is 0 Å². The van der Waals surface area contributed by atoms with Gasteiger partial charge in [-0.05, 0) is 26.2 Å². The van der Waals surface area contributed by atoms with Gasteiger partial charge in [0.1, 0.15) is 11.9 Å². The average Bonchev–Trinajstić information content (AvgIpc) is 2.89. The summed E-state index contributed by atoms with van der Waals surface area (Å²) in [7, 11) is 0. The third-order valence-corrected chi connectivity index (χ3v) is 3.27. The number of aromatic amines is 1. The summed E-state index contributed by atoms with van der Waals surface area (Å²) in [5.41, 5.74) is 1.41. The fraction of sp³-hybridized carbons (Fsp3) is 0.600. The van der Waals surface area contributed by atoms with Crippen LogP contribution in [0.25, 0.3) is 0 Å². The normalized spacial score (nSPS) is 16.4. The maximum atomic E-state index is 5.70. The topological polar surface area (TPSA) is 50.8 Å². The van der Waals surface area contributed by atoms with Gasteiger partial charge < -0.3 is 4.74 Å². The van der Waals surface area contributed by atoms with Gasteiger partial charge in [0.25, 0.3) is 0 Å². The van der Waals surface area contributed by atoms with E-state index in [-0.39, 0.29) is 6.10 Å². The molecule has 4 heteroatoms. The second kappa shape index (κ2) is 7.24. The summed E-state index contributed by atoms with van der Waals surface area (Å²) < 4.78 is 5.70. The molecule has 0 bridgehead atoms. The molecule has 0 radical (unpaired) electrons. The highest BCUT2D eigenvalue weighted by atomic mass is 16.5. The van der Waals surface area contributed by atoms with Crippen LogP contribution in [0.1, 0.15) is 57.3 Å². The van der Waals surface area contributed by atoms with Gasteiger partial charge in [0, 0.05) is 13.0 Å². The highest BCUT2D eigenvalue weighted by molar-refractivity contribution is 5.20. The number of rotatable bonds is 7. The number of unbranched alkanes of at least 4 members (excludes halogenated alkanes) is 1. The summed E-state index contributed by atoms with van der Waals surface area (Å²) in [6.07, 6.45) is 11.8. The number of aromatic nitrogens is 3. The molecule has 1 aliphatic carbocycles. The molecule has 0 aliphatic heterocycles. The molecule has 2 rings (SSSR count). The van der Waals surface area contributed by atoms with Crippen molar-refractivity contribution in [2.75, 3.05) is 6.61 Å². The summed E-state index contributed by atoms with van der Waals surface area (Å²) in [4.78, 5) is 4.53. The molecular weight excluding hydrogens is 238 g/mol. The van der Waals surface area contributed by atoms with Gasteiger partial charge in [0.2, 0.25) is 0 Å². The molecule has 0 spiro atoms. The van der Waals surface area contributed by atoms with Crippen molar-refractivity contribution >= 4 is 0 Å². The lowest BCUT2D eigenvalue weighted by molar-refractivity contribution is 0.0580. The van der Waals surface area contributed by atoms with Gasteiger partial charge in [0.15, 0.2) is 5.82 Å². The summed E-state index contributed by atoms with van der Waals surface area (Å²) in [6.45, 7) is 4.94. The number of hydrogen-bond acceptors (Lipinski definition) is 3. The smallest absolute Gasteiger partial charge is 0.179 e. The van der Waals surface area contributed by atoms with Crippen molar-refractivity contribution in [2.45, 2.75) is 52.1 Å². The highest BCUT2D eigenvalue weighted by Gasteiger charge is 2.13. The van der Waals surface area contributed by atoms with E-state index in [9.17, 15) is 0 Å². The van der Waals surface area contributed by atoms with E-state index in [1.807, 2.05) is 6.92 Å². The average molecular weight is 261 g/mol. The molecule has 1 atom stereocenters. The van der Waals surface area contributed by atoms with Crippen LogP contribution in [0.15, 0.2) is 23.8 Å². The molecule has 0 saturated heterocycles. The van der Waals surface area contributed by atoms with E-state index in [2.05, 4.69) is 40.3 Å².